The number of methoxy groups -OCH3 is 1. The minimum atomic E-state index is -0.729. The molecule has 2 saturated heterocycles. The fourth-order valence-corrected chi connectivity index (χ4v) is 5.63. The summed E-state index contributed by atoms with van der Waals surface area (Å²) in [5.74, 6) is 0.789. The summed E-state index contributed by atoms with van der Waals surface area (Å²) in [6.45, 7) is 5.22. The van der Waals surface area contributed by atoms with Gasteiger partial charge in [0.25, 0.3) is 5.91 Å². The van der Waals surface area contributed by atoms with Crippen LogP contribution in [0.3, 0.4) is 0 Å². The highest BCUT2D eigenvalue weighted by Crippen LogP contribution is 2.44. The average Bonchev–Trinajstić information content (AvgIpc) is 3.03. The van der Waals surface area contributed by atoms with Crippen LogP contribution in [0.5, 0.6) is 5.75 Å². The van der Waals surface area contributed by atoms with E-state index < -0.39 is 5.66 Å². The van der Waals surface area contributed by atoms with Gasteiger partial charge >= 0.3 is 0 Å². The van der Waals surface area contributed by atoms with E-state index in [-0.39, 0.29) is 24.1 Å². The summed E-state index contributed by atoms with van der Waals surface area (Å²) in [5.41, 5.74) is 1.60. The normalized spacial score (nSPS) is 22.1. The largest absolute Gasteiger partial charge is 0.497 e. The summed E-state index contributed by atoms with van der Waals surface area (Å²) < 4.78 is 5.25. The average molecular weight is 477 g/mol. The number of hydrogen-bond donors (Lipinski definition) is 0. The lowest BCUT2D eigenvalue weighted by Gasteiger charge is -2.48. The van der Waals surface area contributed by atoms with Gasteiger partial charge in [0, 0.05) is 51.3 Å². The minimum Gasteiger partial charge on any atom is -0.497 e. The van der Waals surface area contributed by atoms with E-state index in [1.807, 2.05) is 54.3 Å². The van der Waals surface area contributed by atoms with E-state index in [1.165, 1.54) is 0 Å². The molecule has 8 nitrogen and oxygen atoms in total. The molecule has 1 unspecified atom stereocenters. The van der Waals surface area contributed by atoms with Crippen LogP contribution in [0.15, 0.2) is 48.5 Å². The van der Waals surface area contributed by atoms with Crippen LogP contribution in [0, 0.1) is 0 Å². The summed E-state index contributed by atoms with van der Waals surface area (Å²) in [4.78, 5) is 47.0. The van der Waals surface area contributed by atoms with Crippen LogP contribution < -0.4 is 14.5 Å². The number of nitrogens with zero attached hydrogens (tertiary/aromatic N) is 4. The summed E-state index contributed by atoms with van der Waals surface area (Å²) in [6, 6.07) is 15.3. The number of carbonyl (C=O) groups excluding carboxylic acids is 3. The van der Waals surface area contributed by atoms with Crippen molar-refractivity contribution in [2.24, 2.45) is 0 Å². The number of rotatable bonds is 5. The lowest BCUT2D eigenvalue weighted by atomic mass is 9.98. The van der Waals surface area contributed by atoms with E-state index in [0.717, 1.165) is 30.9 Å². The van der Waals surface area contributed by atoms with E-state index in [0.29, 0.717) is 43.7 Å². The maximum absolute atomic E-state index is 13.4. The first kappa shape index (κ1) is 23.2. The molecule has 0 aromatic heterocycles. The van der Waals surface area contributed by atoms with Crippen molar-refractivity contribution in [3.05, 3.63) is 54.1 Å². The maximum atomic E-state index is 13.4. The molecule has 0 aliphatic carbocycles. The predicted octanol–water partition coefficient (Wildman–Crippen LogP) is 3.12. The highest BCUT2D eigenvalue weighted by Gasteiger charge is 2.52. The molecule has 0 spiro atoms. The molecule has 184 valence electrons. The molecule has 3 amide bonds. The third-order valence-corrected chi connectivity index (χ3v) is 7.58. The standard InChI is InChI=1S/C27H32N4O4/c1-27-14-12-25(33)31(27)23-7-4-3-6-22(23)26(34)30(27)17-13-24(32)29-16-5-15-28(18-19-29)20-8-10-21(35-2)11-9-20/h3-4,6-11H,5,12-19H2,1-2H3. The van der Waals surface area contributed by atoms with Gasteiger partial charge in [-0.1, -0.05) is 12.1 Å². The molecule has 3 heterocycles. The van der Waals surface area contributed by atoms with Crippen molar-refractivity contribution in [2.75, 3.05) is 49.6 Å². The van der Waals surface area contributed by atoms with Crippen LogP contribution in [0.25, 0.3) is 0 Å². The predicted molar refractivity (Wildman–Crippen MR) is 134 cm³/mol. The third kappa shape index (κ3) is 4.11. The van der Waals surface area contributed by atoms with E-state index in [1.54, 1.807) is 23.0 Å². The first-order valence-corrected chi connectivity index (χ1v) is 12.3. The number of anilines is 2. The lowest BCUT2D eigenvalue weighted by Crippen LogP contribution is -2.62. The van der Waals surface area contributed by atoms with Crippen LogP contribution in [-0.2, 0) is 9.59 Å². The Hall–Kier alpha value is -3.55. The van der Waals surface area contributed by atoms with Gasteiger partial charge in [-0.15, -0.1) is 0 Å². The zero-order chi connectivity index (χ0) is 24.6. The fourth-order valence-electron chi connectivity index (χ4n) is 5.63. The van der Waals surface area contributed by atoms with Crippen molar-refractivity contribution in [1.82, 2.24) is 9.80 Å². The Balaban J connectivity index is 1.25. The van der Waals surface area contributed by atoms with Crippen molar-refractivity contribution >= 4 is 29.1 Å². The molecule has 0 N–H and O–H groups in total. The molecule has 2 aromatic rings. The molecular weight excluding hydrogens is 444 g/mol. The fraction of sp³-hybridized carbons (Fsp3) is 0.444. The number of para-hydroxylation sites is 1. The van der Waals surface area contributed by atoms with Gasteiger partial charge < -0.3 is 19.4 Å². The number of ether oxygens (including phenoxy) is 1. The molecule has 0 bridgehead atoms. The van der Waals surface area contributed by atoms with E-state index in [2.05, 4.69) is 4.90 Å². The minimum absolute atomic E-state index is 0.0231. The molecular formula is C27H32N4O4. The van der Waals surface area contributed by atoms with Gasteiger partial charge in [-0.25, -0.2) is 0 Å². The van der Waals surface area contributed by atoms with Gasteiger partial charge in [-0.3, -0.25) is 19.3 Å². The van der Waals surface area contributed by atoms with E-state index in [4.69, 9.17) is 4.74 Å². The second-order valence-electron chi connectivity index (χ2n) is 9.59. The van der Waals surface area contributed by atoms with Crippen molar-refractivity contribution in [2.45, 2.75) is 38.3 Å². The number of hydrogen-bond acceptors (Lipinski definition) is 5. The van der Waals surface area contributed by atoms with Crippen molar-refractivity contribution < 1.29 is 19.1 Å². The third-order valence-electron chi connectivity index (χ3n) is 7.58. The molecule has 0 radical (unpaired) electrons. The Morgan fingerprint density at radius 2 is 1.77 bits per heavy atom. The molecule has 8 heteroatoms. The first-order chi connectivity index (χ1) is 16.9. The van der Waals surface area contributed by atoms with Crippen molar-refractivity contribution in [3.8, 4) is 5.75 Å². The van der Waals surface area contributed by atoms with Gasteiger partial charge in [0.2, 0.25) is 11.8 Å². The van der Waals surface area contributed by atoms with Crippen LogP contribution in [0.1, 0.15) is 43.0 Å². The Kier molecular flexibility index (Phi) is 6.13. The van der Waals surface area contributed by atoms with Crippen LogP contribution in [-0.4, -0.2) is 73.0 Å². The van der Waals surface area contributed by atoms with E-state index >= 15 is 0 Å². The lowest BCUT2D eigenvalue weighted by molar-refractivity contribution is -0.131. The molecule has 1 atom stereocenters. The second kappa shape index (κ2) is 9.24. The molecule has 3 aliphatic heterocycles. The number of fused-ring (bicyclic) bond motifs is 3. The highest BCUT2D eigenvalue weighted by atomic mass is 16.5. The smallest absolute Gasteiger partial charge is 0.257 e. The number of carbonyl (C=O) groups is 3. The zero-order valence-corrected chi connectivity index (χ0v) is 20.4. The molecule has 3 aliphatic rings. The van der Waals surface area contributed by atoms with Gasteiger partial charge in [0.15, 0.2) is 0 Å². The zero-order valence-electron chi connectivity index (χ0n) is 20.4. The highest BCUT2D eigenvalue weighted by molar-refractivity contribution is 6.10. The van der Waals surface area contributed by atoms with Gasteiger partial charge in [-0.2, -0.15) is 0 Å². The number of benzene rings is 2. The first-order valence-electron chi connectivity index (χ1n) is 12.3. The number of amides is 3. The second-order valence-corrected chi connectivity index (χ2v) is 9.59. The summed E-state index contributed by atoms with van der Waals surface area (Å²) in [5, 5.41) is 0. The van der Waals surface area contributed by atoms with Crippen LogP contribution in [0.4, 0.5) is 11.4 Å². The Labute approximate surface area is 206 Å². The SMILES string of the molecule is COc1ccc(N2CCCN(C(=O)CCN3C(=O)c4ccccc4N4C(=O)CCC34C)CC2)cc1. The van der Waals surface area contributed by atoms with E-state index in [9.17, 15) is 14.4 Å². The van der Waals surface area contributed by atoms with Crippen molar-refractivity contribution in [1.29, 1.82) is 0 Å². The Morgan fingerprint density at radius 3 is 2.54 bits per heavy atom. The van der Waals surface area contributed by atoms with Gasteiger partial charge in [0.1, 0.15) is 11.4 Å². The topological polar surface area (TPSA) is 73.4 Å². The summed E-state index contributed by atoms with van der Waals surface area (Å²) in [6.07, 6.45) is 2.10. The monoisotopic (exact) mass is 476 g/mol. The summed E-state index contributed by atoms with van der Waals surface area (Å²) in [7, 11) is 1.66. The quantitative estimate of drug-likeness (QED) is 0.663. The molecule has 35 heavy (non-hydrogen) atoms. The van der Waals surface area contributed by atoms with Crippen LogP contribution >= 0.6 is 0 Å². The van der Waals surface area contributed by atoms with Crippen molar-refractivity contribution in [3.63, 3.8) is 0 Å². The Morgan fingerprint density at radius 1 is 1.00 bits per heavy atom. The Bertz CT molecular complexity index is 1130. The molecule has 2 fully saturated rings. The molecule has 2 aromatic carbocycles. The molecule has 5 rings (SSSR count). The van der Waals surface area contributed by atoms with Crippen LogP contribution in [0.2, 0.25) is 0 Å². The van der Waals surface area contributed by atoms with Gasteiger partial charge in [-0.05, 0) is 56.2 Å². The molecule has 0 saturated carbocycles. The summed E-state index contributed by atoms with van der Waals surface area (Å²) >= 11 is 0. The van der Waals surface area contributed by atoms with Gasteiger partial charge in [0.05, 0.1) is 18.4 Å². The maximum Gasteiger partial charge on any atom is 0.257 e.